The molecule has 2 nitrogen and oxygen atoms in total. The van der Waals surface area contributed by atoms with Gasteiger partial charge in [-0.3, -0.25) is 0 Å². The van der Waals surface area contributed by atoms with Crippen LogP contribution in [0.15, 0.2) is 18.2 Å². The summed E-state index contributed by atoms with van der Waals surface area (Å²) in [6.07, 6.45) is 2.53. The zero-order valence-corrected chi connectivity index (χ0v) is 10.6. The lowest BCUT2D eigenvalue weighted by atomic mass is 10.2. The highest BCUT2D eigenvalue weighted by molar-refractivity contribution is 6.35. The quantitative estimate of drug-likeness (QED) is 0.868. The van der Waals surface area contributed by atoms with E-state index in [1.165, 1.54) is 12.8 Å². The highest BCUT2D eigenvalue weighted by atomic mass is 35.5. The molecule has 0 radical (unpaired) electrons. The van der Waals surface area contributed by atoms with Gasteiger partial charge in [0.05, 0.1) is 0 Å². The summed E-state index contributed by atoms with van der Waals surface area (Å²) in [6, 6.07) is 6.21. The van der Waals surface area contributed by atoms with Gasteiger partial charge in [0.15, 0.2) is 0 Å². The van der Waals surface area contributed by atoms with Crippen LogP contribution in [0, 0.1) is 0 Å². The van der Waals surface area contributed by atoms with Crippen molar-refractivity contribution >= 4 is 23.2 Å². The zero-order chi connectivity index (χ0) is 11.4. The van der Waals surface area contributed by atoms with Gasteiger partial charge in [-0.2, -0.15) is 0 Å². The van der Waals surface area contributed by atoms with E-state index >= 15 is 0 Å². The fraction of sp³-hybridized carbons (Fsp3) is 0.500. The summed E-state index contributed by atoms with van der Waals surface area (Å²) in [7, 11) is 0. The highest BCUT2D eigenvalue weighted by Gasteiger charge is 2.13. The maximum Gasteiger partial charge on any atom is 0.0465 e. The maximum absolute atomic E-state index is 6.08. The number of hydrogen-bond donors (Lipinski definition) is 2. The van der Waals surface area contributed by atoms with Crippen LogP contribution in [0.5, 0.6) is 0 Å². The fourth-order valence-corrected chi connectivity index (χ4v) is 2.53. The summed E-state index contributed by atoms with van der Waals surface area (Å²) >= 11 is 12.2. The van der Waals surface area contributed by atoms with Gasteiger partial charge in [0.25, 0.3) is 0 Å². The van der Waals surface area contributed by atoms with Crippen LogP contribution in [-0.4, -0.2) is 19.1 Å². The highest BCUT2D eigenvalue weighted by Crippen LogP contribution is 2.23. The Bertz CT molecular complexity index is 329. The average molecular weight is 259 g/mol. The molecule has 1 aliphatic heterocycles. The topological polar surface area (TPSA) is 24.1 Å². The molecule has 2 rings (SSSR count). The van der Waals surface area contributed by atoms with Crippen molar-refractivity contribution in [3.05, 3.63) is 33.8 Å². The van der Waals surface area contributed by atoms with Gasteiger partial charge in [0, 0.05) is 34.7 Å². The number of benzene rings is 1. The molecule has 1 aromatic carbocycles. The Morgan fingerprint density at radius 2 is 2.06 bits per heavy atom. The summed E-state index contributed by atoms with van der Waals surface area (Å²) in [5.74, 6) is 0. The number of halogens is 2. The normalized spacial score (nSPS) is 20.2. The number of rotatable bonds is 4. The van der Waals surface area contributed by atoms with Gasteiger partial charge in [0.1, 0.15) is 0 Å². The fourth-order valence-electron chi connectivity index (χ4n) is 2.00. The van der Waals surface area contributed by atoms with Crippen LogP contribution in [-0.2, 0) is 6.54 Å². The van der Waals surface area contributed by atoms with Crippen molar-refractivity contribution in [3.8, 4) is 0 Å². The van der Waals surface area contributed by atoms with E-state index < -0.39 is 0 Å². The molecule has 0 aromatic heterocycles. The van der Waals surface area contributed by atoms with Crippen molar-refractivity contribution in [2.24, 2.45) is 0 Å². The van der Waals surface area contributed by atoms with E-state index in [-0.39, 0.29) is 0 Å². The molecule has 4 heteroatoms. The second-order valence-electron chi connectivity index (χ2n) is 4.12. The molecule has 1 saturated heterocycles. The number of nitrogens with one attached hydrogen (secondary N) is 2. The van der Waals surface area contributed by atoms with E-state index in [4.69, 9.17) is 23.2 Å². The van der Waals surface area contributed by atoms with E-state index in [0.29, 0.717) is 6.04 Å². The van der Waals surface area contributed by atoms with E-state index in [2.05, 4.69) is 10.6 Å². The van der Waals surface area contributed by atoms with Gasteiger partial charge < -0.3 is 10.6 Å². The minimum atomic E-state index is 0.598. The SMILES string of the molecule is Clc1cccc(Cl)c1CNC[C@H]1CCCN1. The van der Waals surface area contributed by atoms with Crippen molar-refractivity contribution < 1.29 is 0 Å². The Morgan fingerprint density at radius 3 is 2.69 bits per heavy atom. The Labute approximate surface area is 106 Å². The lowest BCUT2D eigenvalue weighted by Crippen LogP contribution is -2.33. The van der Waals surface area contributed by atoms with Crippen molar-refractivity contribution in [2.45, 2.75) is 25.4 Å². The van der Waals surface area contributed by atoms with Crippen LogP contribution >= 0.6 is 23.2 Å². The van der Waals surface area contributed by atoms with E-state index in [9.17, 15) is 0 Å². The molecular formula is C12H16Cl2N2. The molecule has 16 heavy (non-hydrogen) atoms. The van der Waals surface area contributed by atoms with Gasteiger partial charge >= 0.3 is 0 Å². The van der Waals surface area contributed by atoms with Crippen LogP contribution < -0.4 is 10.6 Å². The Balaban J connectivity index is 1.84. The molecular weight excluding hydrogens is 243 g/mol. The van der Waals surface area contributed by atoms with Crippen LogP contribution in [0.1, 0.15) is 18.4 Å². The second-order valence-corrected chi connectivity index (χ2v) is 4.94. The molecule has 1 heterocycles. The van der Waals surface area contributed by atoms with E-state index in [1.54, 1.807) is 0 Å². The summed E-state index contributed by atoms with van der Waals surface area (Å²) in [6.45, 7) is 2.84. The smallest absolute Gasteiger partial charge is 0.0465 e. The largest absolute Gasteiger partial charge is 0.313 e. The first-order chi connectivity index (χ1) is 7.77. The molecule has 88 valence electrons. The summed E-state index contributed by atoms with van der Waals surface area (Å²) in [5, 5.41) is 8.31. The van der Waals surface area contributed by atoms with Crippen LogP contribution in [0.3, 0.4) is 0 Å². The average Bonchev–Trinajstić information content (AvgIpc) is 2.75. The van der Waals surface area contributed by atoms with Crippen LogP contribution in [0.4, 0.5) is 0 Å². The van der Waals surface area contributed by atoms with Crippen LogP contribution in [0.25, 0.3) is 0 Å². The third-order valence-corrected chi connectivity index (χ3v) is 3.62. The van der Waals surface area contributed by atoms with Crippen molar-refractivity contribution in [1.29, 1.82) is 0 Å². The van der Waals surface area contributed by atoms with Crippen molar-refractivity contribution in [3.63, 3.8) is 0 Å². The minimum Gasteiger partial charge on any atom is -0.313 e. The summed E-state index contributed by atoms with van der Waals surface area (Å²) in [4.78, 5) is 0. The maximum atomic E-state index is 6.08. The molecule has 0 bridgehead atoms. The first-order valence-corrected chi connectivity index (χ1v) is 6.40. The van der Waals surface area contributed by atoms with Gasteiger partial charge in [0.2, 0.25) is 0 Å². The predicted octanol–water partition coefficient (Wildman–Crippen LogP) is 2.84. The molecule has 0 aliphatic carbocycles. The molecule has 1 aromatic rings. The zero-order valence-electron chi connectivity index (χ0n) is 9.10. The van der Waals surface area contributed by atoms with Gasteiger partial charge in [-0.15, -0.1) is 0 Å². The Morgan fingerprint density at radius 1 is 1.31 bits per heavy atom. The second kappa shape index (κ2) is 5.87. The molecule has 1 fully saturated rings. The lowest BCUT2D eigenvalue weighted by molar-refractivity contribution is 0.536. The molecule has 0 unspecified atom stereocenters. The Hall–Kier alpha value is -0.280. The first kappa shape index (κ1) is 12.2. The molecule has 1 atom stereocenters. The standard InChI is InChI=1S/C12H16Cl2N2/c13-11-4-1-5-12(14)10(11)8-15-7-9-3-2-6-16-9/h1,4-5,9,15-16H,2-3,6-8H2/t9-/m1/s1. The monoisotopic (exact) mass is 258 g/mol. The third-order valence-electron chi connectivity index (χ3n) is 2.92. The molecule has 0 saturated carbocycles. The molecule has 0 amide bonds. The van der Waals surface area contributed by atoms with E-state index in [0.717, 1.165) is 35.2 Å². The van der Waals surface area contributed by atoms with E-state index in [1.807, 2.05) is 18.2 Å². The molecule has 0 spiro atoms. The first-order valence-electron chi connectivity index (χ1n) is 5.64. The summed E-state index contributed by atoms with van der Waals surface area (Å²) < 4.78 is 0. The van der Waals surface area contributed by atoms with Crippen LogP contribution in [0.2, 0.25) is 10.0 Å². The Kier molecular flexibility index (Phi) is 4.47. The summed E-state index contributed by atoms with van der Waals surface area (Å²) in [5.41, 5.74) is 0.990. The van der Waals surface area contributed by atoms with Gasteiger partial charge in [-0.05, 0) is 31.5 Å². The lowest BCUT2D eigenvalue weighted by Gasteiger charge is -2.12. The minimum absolute atomic E-state index is 0.598. The van der Waals surface area contributed by atoms with Gasteiger partial charge in [-0.25, -0.2) is 0 Å². The molecule has 1 aliphatic rings. The molecule has 2 N–H and O–H groups in total. The third kappa shape index (κ3) is 3.11. The predicted molar refractivity (Wildman–Crippen MR) is 69.2 cm³/mol. The number of hydrogen-bond acceptors (Lipinski definition) is 2. The van der Waals surface area contributed by atoms with Crippen molar-refractivity contribution in [2.75, 3.05) is 13.1 Å². The van der Waals surface area contributed by atoms with Crippen molar-refractivity contribution in [1.82, 2.24) is 10.6 Å². The van der Waals surface area contributed by atoms with Gasteiger partial charge in [-0.1, -0.05) is 29.3 Å².